The van der Waals surface area contributed by atoms with Crippen molar-refractivity contribution in [2.75, 3.05) is 26.2 Å². The molecule has 0 radical (unpaired) electrons. The molecule has 1 saturated heterocycles. The molecule has 0 aliphatic carbocycles. The monoisotopic (exact) mass is 429 g/mol. The van der Waals surface area contributed by atoms with Crippen LogP contribution in [0, 0.1) is 10.1 Å². The third-order valence-corrected chi connectivity index (χ3v) is 6.54. The van der Waals surface area contributed by atoms with Gasteiger partial charge in [0, 0.05) is 54.0 Å². The first kappa shape index (κ1) is 19.4. The van der Waals surface area contributed by atoms with E-state index in [9.17, 15) is 19.7 Å². The highest BCUT2D eigenvalue weighted by Crippen LogP contribution is 2.38. The highest BCUT2D eigenvalue weighted by molar-refractivity contribution is 7.21. The Bertz CT molecular complexity index is 1110. The molecule has 4 rings (SSSR count). The number of non-ortho nitro benzene ring substituents is 1. The molecule has 1 aromatic heterocycles. The number of carbonyl (C=O) groups excluding carboxylic acids is 2. The molecule has 9 heteroatoms. The minimum atomic E-state index is -0.475. The van der Waals surface area contributed by atoms with E-state index in [0.29, 0.717) is 51.7 Å². The number of thiophene rings is 1. The lowest BCUT2D eigenvalue weighted by Crippen LogP contribution is -2.50. The quantitative estimate of drug-likeness (QED) is 0.464. The van der Waals surface area contributed by atoms with Crippen molar-refractivity contribution in [2.45, 2.75) is 0 Å². The van der Waals surface area contributed by atoms with Crippen LogP contribution in [0.3, 0.4) is 0 Å². The number of hydrogen-bond donors (Lipinski definition) is 0. The van der Waals surface area contributed by atoms with Gasteiger partial charge in [-0.3, -0.25) is 19.7 Å². The molecule has 2 aromatic carbocycles. The summed E-state index contributed by atoms with van der Waals surface area (Å²) in [6.07, 6.45) is 0. The summed E-state index contributed by atoms with van der Waals surface area (Å²) < 4.78 is 0.602. The Balaban J connectivity index is 1.49. The third kappa shape index (κ3) is 3.68. The van der Waals surface area contributed by atoms with Gasteiger partial charge < -0.3 is 9.80 Å². The second-order valence-electron chi connectivity index (χ2n) is 6.63. The van der Waals surface area contributed by atoms with Gasteiger partial charge in [-0.05, 0) is 18.2 Å². The summed E-state index contributed by atoms with van der Waals surface area (Å²) >= 11 is 7.54. The van der Waals surface area contributed by atoms with Crippen molar-refractivity contribution in [3.63, 3.8) is 0 Å². The molecule has 0 bridgehead atoms. The number of benzene rings is 2. The summed E-state index contributed by atoms with van der Waals surface area (Å²) in [7, 11) is 0. The molecule has 1 fully saturated rings. The summed E-state index contributed by atoms with van der Waals surface area (Å²) in [6, 6.07) is 13.4. The van der Waals surface area contributed by atoms with E-state index in [1.807, 2.05) is 18.2 Å². The summed E-state index contributed by atoms with van der Waals surface area (Å²) in [5.74, 6) is -0.268. The maximum absolute atomic E-state index is 13.0. The smallest absolute Gasteiger partial charge is 0.270 e. The van der Waals surface area contributed by atoms with E-state index in [-0.39, 0.29) is 17.5 Å². The molecule has 3 aromatic rings. The molecule has 2 heterocycles. The predicted molar refractivity (Wildman–Crippen MR) is 112 cm³/mol. The number of nitro benzene ring substituents is 1. The molecule has 0 unspecified atom stereocenters. The Hall–Kier alpha value is -2.97. The first-order chi connectivity index (χ1) is 14.0. The van der Waals surface area contributed by atoms with Crippen LogP contribution < -0.4 is 0 Å². The van der Waals surface area contributed by atoms with Crippen LogP contribution in [0.15, 0.2) is 48.5 Å². The fourth-order valence-corrected chi connectivity index (χ4v) is 4.84. The van der Waals surface area contributed by atoms with Gasteiger partial charge in [-0.15, -0.1) is 11.3 Å². The zero-order chi connectivity index (χ0) is 20.5. The van der Waals surface area contributed by atoms with E-state index in [1.54, 1.807) is 28.0 Å². The number of halogens is 1. The standard InChI is InChI=1S/C20H16ClN3O4S/c21-17-15-7-6-14(24(27)28)12-16(15)29-18(17)20(26)23-10-8-22(9-11-23)19(25)13-4-2-1-3-5-13/h1-7,12H,8-11H2. The molecule has 0 spiro atoms. The van der Waals surface area contributed by atoms with Crippen LogP contribution in [0.2, 0.25) is 5.02 Å². The van der Waals surface area contributed by atoms with E-state index >= 15 is 0 Å². The minimum absolute atomic E-state index is 0.0394. The predicted octanol–water partition coefficient (Wildman–Crippen LogP) is 4.06. The van der Waals surface area contributed by atoms with E-state index in [2.05, 4.69) is 0 Å². The fourth-order valence-electron chi connectivity index (χ4n) is 3.32. The lowest BCUT2D eigenvalue weighted by Gasteiger charge is -2.34. The number of nitro groups is 1. The first-order valence-corrected chi connectivity index (χ1v) is 10.1. The summed E-state index contributed by atoms with van der Waals surface area (Å²) in [5.41, 5.74) is 0.587. The van der Waals surface area contributed by atoms with Gasteiger partial charge in [0.25, 0.3) is 17.5 Å². The largest absolute Gasteiger partial charge is 0.335 e. The van der Waals surface area contributed by atoms with Crippen LogP contribution >= 0.6 is 22.9 Å². The second-order valence-corrected chi connectivity index (χ2v) is 8.06. The van der Waals surface area contributed by atoms with Gasteiger partial charge in [0.15, 0.2) is 0 Å². The van der Waals surface area contributed by atoms with Crippen LogP contribution in [0.1, 0.15) is 20.0 Å². The number of carbonyl (C=O) groups is 2. The van der Waals surface area contributed by atoms with Crippen molar-refractivity contribution >= 4 is 50.5 Å². The Kier molecular flexibility index (Phi) is 5.21. The maximum Gasteiger partial charge on any atom is 0.270 e. The molecular formula is C20H16ClN3O4S. The number of rotatable bonds is 3. The van der Waals surface area contributed by atoms with Crippen molar-refractivity contribution in [2.24, 2.45) is 0 Å². The first-order valence-electron chi connectivity index (χ1n) is 8.96. The molecular weight excluding hydrogens is 414 g/mol. The summed E-state index contributed by atoms with van der Waals surface area (Å²) in [5, 5.41) is 11.9. The van der Waals surface area contributed by atoms with Gasteiger partial charge in [-0.25, -0.2) is 0 Å². The van der Waals surface area contributed by atoms with Gasteiger partial charge in [-0.1, -0.05) is 29.8 Å². The lowest BCUT2D eigenvalue weighted by molar-refractivity contribution is -0.384. The number of fused-ring (bicyclic) bond motifs is 1. The molecule has 7 nitrogen and oxygen atoms in total. The summed E-state index contributed by atoms with van der Waals surface area (Å²) in [4.78, 5) is 39.8. The van der Waals surface area contributed by atoms with E-state index in [4.69, 9.17) is 11.6 Å². The normalized spacial score (nSPS) is 14.2. The average molecular weight is 430 g/mol. The fraction of sp³-hybridized carbons (Fsp3) is 0.200. The third-order valence-electron chi connectivity index (χ3n) is 4.89. The minimum Gasteiger partial charge on any atom is -0.335 e. The average Bonchev–Trinajstić information content (AvgIpc) is 3.09. The molecule has 0 atom stereocenters. The molecule has 0 saturated carbocycles. The van der Waals surface area contributed by atoms with Gasteiger partial charge in [0.2, 0.25) is 0 Å². The van der Waals surface area contributed by atoms with Crippen molar-refractivity contribution in [1.29, 1.82) is 0 Å². The number of nitrogens with zero attached hydrogens (tertiary/aromatic N) is 3. The van der Waals surface area contributed by atoms with Crippen molar-refractivity contribution < 1.29 is 14.5 Å². The van der Waals surface area contributed by atoms with Crippen molar-refractivity contribution in [3.05, 3.63) is 74.1 Å². The van der Waals surface area contributed by atoms with Crippen LogP contribution in [-0.4, -0.2) is 52.7 Å². The topological polar surface area (TPSA) is 83.8 Å². The summed E-state index contributed by atoms with van der Waals surface area (Å²) in [6.45, 7) is 1.69. The maximum atomic E-state index is 13.0. The second kappa shape index (κ2) is 7.81. The lowest BCUT2D eigenvalue weighted by atomic mass is 10.2. The zero-order valence-corrected chi connectivity index (χ0v) is 16.8. The molecule has 1 aliphatic rings. The Morgan fingerprint density at radius 1 is 0.966 bits per heavy atom. The van der Waals surface area contributed by atoms with Gasteiger partial charge >= 0.3 is 0 Å². The molecule has 29 heavy (non-hydrogen) atoms. The van der Waals surface area contributed by atoms with E-state index in [1.165, 1.54) is 12.1 Å². The molecule has 2 amide bonds. The molecule has 148 valence electrons. The number of piperazine rings is 1. The Morgan fingerprint density at radius 2 is 1.59 bits per heavy atom. The number of hydrogen-bond acceptors (Lipinski definition) is 5. The van der Waals surface area contributed by atoms with Gasteiger partial charge in [0.1, 0.15) is 4.88 Å². The van der Waals surface area contributed by atoms with Crippen molar-refractivity contribution in [1.82, 2.24) is 9.80 Å². The molecule has 0 N–H and O–H groups in total. The van der Waals surface area contributed by atoms with Gasteiger partial charge in [0.05, 0.1) is 9.95 Å². The highest BCUT2D eigenvalue weighted by atomic mass is 35.5. The van der Waals surface area contributed by atoms with Crippen LogP contribution in [0.4, 0.5) is 5.69 Å². The van der Waals surface area contributed by atoms with Gasteiger partial charge in [-0.2, -0.15) is 0 Å². The van der Waals surface area contributed by atoms with E-state index < -0.39 is 4.92 Å². The van der Waals surface area contributed by atoms with Crippen molar-refractivity contribution in [3.8, 4) is 0 Å². The Labute approximate surface area is 175 Å². The van der Waals surface area contributed by atoms with E-state index in [0.717, 1.165) is 11.3 Å². The SMILES string of the molecule is O=C(c1ccccc1)N1CCN(C(=O)c2sc3cc([N+](=O)[O-])ccc3c2Cl)CC1. The zero-order valence-electron chi connectivity index (χ0n) is 15.2. The molecule has 1 aliphatic heterocycles. The highest BCUT2D eigenvalue weighted by Gasteiger charge is 2.28. The Morgan fingerprint density at radius 3 is 2.21 bits per heavy atom. The van der Waals surface area contributed by atoms with Crippen LogP contribution in [0.25, 0.3) is 10.1 Å². The number of amides is 2. The van der Waals surface area contributed by atoms with Crippen LogP contribution in [-0.2, 0) is 0 Å². The van der Waals surface area contributed by atoms with Crippen LogP contribution in [0.5, 0.6) is 0 Å².